The van der Waals surface area contributed by atoms with Crippen LogP contribution in [-0.4, -0.2) is 22.6 Å². The summed E-state index contributed by atoms with van der Waals surface area (Å²) in [7, 11) is 0. The number of nitrogens with zero attached hydrogens (tertiary/aromatic N) is 1. The summed E-state index contributed by atoms with van der Waals surface area (Å²) < 4.78 is 38.8. The summed E-state index contributed by atoms with van der Waals surface area (Å²) >= 11 is 0. The van der Waals surface area contributed by atoms with Crippen LogP contribution in [0.15, 0.2) is 18.3 Å². The fourth-order valence-electron chi connectivity index (χ4n) is 1.90. The molecule has 1 amide bonds. The topological polar surface area (TPSA) is 57.8 Å². The van der Waals surface area contributed by atoms with E-state index >= 15 is 0 Å². The zero-order valence-electron chi connectivity index (χ0n) is 11.3. The van der Waals surface area contributed by atoms with E-state index in [0.29, 0.717) is 25.1 Å². The number of hydrogen-bond donors (Lipinski definition) is 2. The van der Waals surface area contributed by atoms with Gasteiger partial charge >= 0.3 is 0 Å². The number of H-pyrrole nitrogens is 1. The van der Waals surface area contributed by atoms with E-state index in [4.69, 9.17) is 0 Å². The van der Waals surface area contributed by atoms with E-state index in [-0.39, 0.29) is 5.56 Å². The summed E-state index contributed by atoms with van der Waals surface area (Å²) in [5, 5.41) is 9.21. The summed E-state index contributed by atoms with van der Waals surface area (Å²) in [6.45, 7) is 2.23. The maximum Gasteiger partial charge on any atom is 0.251 e. The van der Waals surface area contributed by atoms with Gasteiger partial charge in [-0.3, -0.25) is 9.89 Å². The van der Waals surface area contributed by atoms with Crippen LogP contribution < -0.4 is 5.32 Å². The largest absolute Gasteiger partial charge is 0.352 e. The first-order chi connectivity index (χ1) is 9.99. The van der Waals surface area contributed by atoms with E-state index in [1.807, 2.05) is 6.92 Å². The van der Waals surface area contributed by atoms with Crippen LogP contribution in [0.1, 0.15) is 28.0 Å². The Morgan fingerprint density at radius 1 is 1.29 bits per heavy atom. The predicted octanol–water partition coefficient (Wildman–Crippen LogP) is 2.50. The summed E-state index contributed by atoms with van der Waals surface area (Å²) in [5.74, 6) is -4.98. The van der Waals surface area contributed by atoms with E-state index in [9.17, 15) is 18.0 Å². The molecule has 0 bridgehead atoms. The molecule has 0 unspecified atom stereocenters. The standard InChI is InChI=1S/C14H14F3N3O/c1-8-9(7-19-20-8)3-2-4-18-14(21)10-5-11(15)13(17)12(16)6-10/h5-7H,2-4H2,1H3,(H,18,21)(H,19,20). The molecule has 0 radical (unpaired) electrons. The number of rotatable bonds is 5. The van der Waals surface area contributed by atoms with Crippen LogP contribution in [0.4, 0.5) is 13.2 Å². The lowest BCUT2D eigenvalue weighted by molar-refractivity contribution is 0.0952. The van der Waals surface area contributed by atoms with Crippen LogP contribution in [-0.2, 0) is 6.42 Å². The van der Waals surface area contributed by atoms with Crippen molar-refractivity contribution in [1.82, 2.24) is 15.5 Å². The first-order valence-corrected chi connectivity index (χ1v) is 6.40. The van der Waals surface area contributed by atoms with Crippen molar-refractivity contribution in [3.63, 3.8) is 0 Å². The van der Waals surface area contributed by atoms with Crippen LogP contribution in [0, 0.1) is 24.4 Å². The number of nitrogens with one attached hydrogen (secondary N) is 2. The number of amides is 1. The summed E-state index contributed by atoms with van der Waals surface area (Å²) in [6, 6.07) is 1.35. The Morgan fingerprint density at radius 2 is 1.95 bits per heavy atom. The van der Waals surface area contributed by atoms with Crippen molar-refractivity contribution in [2.45, 2.75) is 19.8 Å². The molecular weight excluding hydrogens is 283 g/mol. The fraction of sp³-hybridized carbons (Fsp3) is 0.286. The highest BCUT2D eigenvalue weighted by molar-refractivity contribution is 5.94. The number of hydrogen-bond acceptors (Lipinski definition) is 2. The smallest absolute Gasteiger partial charge is 0.251 e. The number of carbonyl (C=O) groups is 1. The molecule has 4 nitrogen and oxygen atoms in total. The predicted molar refractivity (Wildman–Crippen MR) is 70.3 cm³/mol. The molecule has 2 N–H and O–H groups in total. The molecule has 7 heteroatoms. The van der Waals surface area contributed by atoms with Gasteiger partial charge in [0.15, 0.2) is 17.5 Å². The molecule has 0 atom stereocenters. The van der Waals surface area contributed by atoms with Gasteiger partial charge in [-0.05, 0) is 37.5 Å². The number of aromatic amines is 1. The number of carbonyl (C=O) groups excluding carboxylic acids is 1. The molecule has 0 aliphatic rings. The van der Waals surface area contributed by atoms with Crippen LogP contribution in [0.5, 0.6) is 0 Å². The molecule has 0 fully saturated rings. The van der Waals surface area contributed by atoms with E-state index in [1.54, 1.807) is 6.20 Å². The van der Waals surface area contributed by atoms with Gasteiger partial charge in [0.1, 0.15) is 0 Å². The second-order valence-corrected chi connectivity index (χ2v) is 4.63. The molecule has 112 valence electrons. The minimum absolute atomic E-state index is 0.245. The molecular formula is C14H14F3N3O. The molecule has 21 heavy (non-hydrogen) atoms. The van der Waals surface area contributed by atoms with Crippen LogP contribution in [0.2, 0.25) is 0 Å². The van der Waals surface area contributed by atoms with Gasteiger partial charge in [0, 0.05) is 17.8 Å². The van der Waals surface area contributed by atoms with E-state index in [1.165, 1.54) is 0 Å². The van der Waals surface area contributed by atoms with Crippen molar-refractivity contribution >= 4 is 5.91 Å². The van der Waals surface area contributed by atoms with Crippen molar-refractivity contribution in [3.8, 4) is 0 Å². The van der Waals surface area contributed by atoms with Gasteiger partial charge in [-0.15, -0.1) is 0 Å². The van der Waals surface area contributed by atoms with Gasteiger partial charge in [0.05, 0.1) is 6.20 Å². The lowest BCUT2D eigenvalue weighted by Gasteiger charge is -2.06. The molecule has 2 aromatic rings. The van der Waals surface area contributed by atoms with Gasteiger partial charge < -0.3 is 5.32 Å². The van der Waals surface area contributed by atoms with Gasteiger partial charge in [-0.25, -0.2) is 13.2 Å². The number of halogens is 3. The first kappa shape index (κ1) is 15.1. The quantitative estimate of drug-likeness (QED) is 0.658. The minimum Gasteiger partial charge on any atom is -0.352 e. The lowest BCUT2D eigenvalue weighted by Crippen LogP contribution is -2.25. The highest BCUT2D eigenvalue weighted by Gasteiger charge is 2.14. The number of aryl methyl sites for hydroxylation is 2. The molecule has 0 aliphatic carbocycles. The second kappa shape index (κ2) is 6.43. The third kappa shape index (κ3) is 3.62. The Labute approximate surface area is 119 Å². The van der Waals surface area contributed by atoms with Crippen LogP contribution in [0.3, 0.4) is 0 Å². The van der Waals surface area contributed by atoms with Gasteiger partial charge in [0.2, 0.25) is 0 Å². The third-order valence-corrected chi connectivity index (χ3v) is 3.09. The maximum absolute atomic E-state index is 13.0. The molecule has 1 aromatic heterocycles. The Balaban J connectivity index is 1.86. The zero-order chi connectivity index (χ0) is 15.4. The number of benzene rings is 1. The highest BCUT2D eigenvalue weighted by atomic mass is 19.2. The van der Waals surface area contributed by atoms with Gasteiger partial charge in [0.25, 0.3) is 5.91 Å². The SMILES string of the molecule is Cc1[nH]ncc1CCCNC(=O)c1cc(F)c(F)c(F)c1. The van der Waals surface area contributed by atoms with Gasteiger partial charge in [-0.1, -0.05) is 0 Å². The van der Waals surface area contributed by atoms with Crippen molar-refractivity contribution < 1.29 is 18.0 Å². The second-order valence-electron chi connectivity index (χ2n) is 4.63. The third-order valence-electron chi connectivity index (χ3n) is 3.09. The normalized spacial score (nSPS) is 10.7. The summed E-state index contributed by atoms with van der Waals surface area (Å²) in [4.78, 5) is 11.7. The molecule has 1 aromatic carbocycles. The molecule has 1 heterocycles. The average molecular weight is 297 g/mol. The van der Waals surface area contributed by atoms with E-state index < -0.39 is 23.4 Å². The van der Waals surface area contributed by atoms with Crippen molar-refractivity contribution in [1.29, 1.82) is 0 Å². The molecule has 2 rings (SSSR count). The Hall–Kier alpha value is -2.31. The van der Waals surface area contributed by atoms with Gasteiger partial charge in [-0.2, -0.15) is 5.10 Å². The first-order valence-electron chi connectivity index (χ1n) is 6.40. The summed E-state index contributed by atoms with van der Waals surface area (Å²) in [5.41, 5.74) is 1.76. The molecule has 0 aliphatic heterocycles. The molecule has 0 saturated carbocycles. The monoisotopic (exact) mass is 297 g/mol. The Kier molecular flexibility index (Phi) is 4.62. The van der Waals surface area contributed by atoms with E-state index in [2.05, 4.69) is 15.5 Å². The highest BCUT2D eigenvalue weighted by Crippen LogP contribution is 2.13. The lowest BCUT2D eigenvalue weighted by atomic mass is 10.1. The molecule has 0 spiro atoms. The average Bonchev–Trinajstić information content (AvgIpc) is 2.85. The fourth-order valence-corrected chi connectivity index (χ4v) is 1.90. The van der Waals surface area contributed by atoms with Crippen molar-refractivity contribution in [2.75, 3.05) is 6.54 Å². The van der Waals surface area contributed by atoms with Crippen LogP contribution in [0.25, 0.3) is 0 Å². The zero-order valence-corrected chi connectivity index (χ0v) is 11.3. The Bertz CT molecular complexity index is 632. The van der Waals surface area contributed by atoms with Crippen LogP contribution >= 0.6 is 0 Å². The number of aromatic nitrogens is 2. The maximum atomic E-state index is 13.0. The molecule has 0 saturated heterocycles. The van der Waals surface area contributed by atoms with Crippen molar-refractivity contribution in [3.05, 3.63) is 52.6 Å². The minimum atomic E-state index is -1.58. The van der Waals surface area contributed by atoms with Crippen molar-refractivity contribution in [2.24, 2.45) is 0 Å². The Morgan fingerprint density at radius 3 is 2.52 bits per heavy atom. The summed E-state index contributed by atoms with van der Waals surface area (Å²) in [6.07, 6.45) is 3.08. The van der Waals surface area contributed by atoms with E-state index in [0.717, 1.165) is 17.7 Å².